The molecule has 0 aromatic carbocycles. The summed E-state index contributed by atoms with van der Waals surface area (Å²) in [7, 11) is 0. The van der Waals surface area contributed by atoms with Gasteiger partial charge in [0.15, 0.2) is 0 Å². The number of nitrogens with two attached hydrogens (primary N) is 1. The van der Waals surface area contributed by atoms with Gasteiger partial charge in [0.05, 0.1) is 6.42 Å². The van der Waals surface area contributed by atoms with Gasteiger partial charge in [-0.05, 0) is 0 Å². The summed E-state index contributed by atoms with van der Waals surface area (Å²) in [6.07, 6.45) is -0.382. The van der Waals surface area contributed by atoms with Crippen molar-refractivity contribution in [3.63, 3.8) is 0 Å². The largest absolute Gasteiger partial charge is 0.481 e. The fourth-order valence-corrected chi connectivity index (χ4v) is 0.876. The van der Waals surface area contributed by atoms with Crippen molar-refractivity contribution in [3.05, 3.63) is 0 Å². The average Bonchev–Trinajstić information content (AvgIpc) is 1.84. The van der Waals surface area contributed by atoms with Gasteiger partial charge in [-0.1, -0.05) is 12.2 Å². The Labute approximate surface area is 74.2 Å². The van der Waals surface area contributed by atoms with Gasteiger partial charge in [0, 0.05) is 11.3 Å². The number of hydrogen-bond acceptors (Lipinski definition) is 4. The molecule has 0 aliphatic carbocycles. The molecule has 0 aromatic rings. The molecular formula is C6H9NO4S. The van der Waals surface area contributed by atoms with Gasteiger partial charge in [0.1, 0.15) is 6.04 Å². The van der Waals surface area contributed by atoms with Crippen molar-refractivity contribution in [1.82, 2.24) is 0 Å². The summed E-state index contributed by atoms with van der Waals surface area (Å²) in [6, 6.07) is -1.10. The molecule has 68 valence electrons. The maximum atomic E-state index is 10.2. The maximum Gasteiger partial charge on any atom is 0.320 e. The van der Waals surface area contributed by atoms with E-state index in [0.717, 1.165) is 0 Å². The molecule has 12 heavy (non-hydrogen) atoms. The minimum absolute atomic E-state index is 0.0725. The second kappa shape index (κ2) is 4.78. The Morgan fingerprint density at radius 1 is 1.42 bits per heavy atom. The molecular weight excluding hydrogens is 182 g/mol. The fraction of sp³-hybridized carbons (Fsp3) is 0.500. The average molecular weight is 191 g/mol. The van der Waals surface area contributed by atoms with E-state index in [1.165, 1.54) is 0 Å². The van der Waals surface area contributed by atoms with Crippen LogP contribution in [0.3, 0.4) is 0 Å². The maximum absolute atomic E-state index is 10.2. The van der Waals surface area contributed by atoms with Gasteiger partial charge in [-0.3, -0.25) is 9.59 Å². The number of carboxylic acid groups (broad SMARTS) is 2. The molecule has 0 fully saturated rings. The Hall–Kier alpha value is -1.01. The quantitative estimate of drug-likeness (QED) is 0.513. The van der Waals surface area contributed by atoms with Crippen LogP contribution in [0.5, 0.6) is 0 Å². The first kappa shape index (κ1) is 11.0. The SMILES string of the molecule is N[C@@H](CC(=S)CC(=O)O)C(=O)O. The third kappa shape index (κ3) is 4.75. The lowest BCUT2D eigenvalue weighted by atomic mass is 10.1. The first-order valence-electron chi connectivity index (χ1n) is 3.15. The van der Waals surface area contributed by atoms with Crippen LogP contribution >= 0.6 is 12.2 Å². The van der Waals surface area contributed by atoms with E-state index in [2.05, 4.69) is 12.2 Å². The van der Waals surface area contributed by atoms with Crippen molar-refractivity contribution in [2.24, 2.45) is 5.73 Å². The van der Waals surface area contributed by atoms with Gasteiger partial charge in [0.2, 0.25) is 0 Å². The lowest BCUT2D eigenvalue weighted by Gasteiger charge is -2.04. The second-order valence-electron chi connectivity index (χ2n) is 2.26. The first-order valence-corrected chi connectivity index (χ1v) is 3.56. The third-order valence-corrected chi connectivity index (χ3v) is 1.42. The van der Waals surface area contributed by atoms with E-state index in [4.69, 9.17) is 15.9 Å². The van der Waals surface area contributed by atoms with Crippen molar-refractivity contribution in [3.8, 4) is 0 Å². The first-order chi connectivity index (χ1) is 5.43. The molecule has 6 heteroatoms. The highest BCUT2D eigenvalue weighted by Gasteiger charge is 2.15. The predicted octanol–water partition coefficient (Wildman–Crippen LogP) is -0.367. The van der Waals surface area contributed by atoms with Crippen LogP contribution in [0.15, 0.2) is 0 Å². The van der Waals surface area contributed by atoms with Crippen LogP contribution < -0.4 is 5.73 Å². The Morgan fingerprint density at radius 3 is 2.25 bits per heavy atom. The van der Waals surface area contributed by atoms with Crippen LogP contribution in [0.2, 0.25) is 0 Å². The molecule has 0 saturated carbocycles. The van der Waals surface area contributed by atoms with Gasteiger partial charge in [-0.15, -0.1) is 0 Å². The van der Waals surface area contributed by atoms with Gasteiger partial charge in [-0.2, -0.15) is 0 Å². The second-order valence-corrected chi connectivity index (χ2v) is 2.84. The van der Waals surface area contributed by atoms with E-state index in [-0.39, 0.29) is 17.7 Å². The van der Waals surface area contributed by atoms with Crippen molar-refractivity contribution in [2.75, 3.05) is 0 Å². The van der Waals surface area contributed by atoms with Gasteiger partial charge >= 0.3 is 11.9 Å². The van der Waals surface area contributed by atoms with Crippen molar-refractivity contribution in [2.45, 2.75) is 18.9 Å². The number of rotatable bonds is 5. The summed E-state index contributed by atoms with van der Waals surface area (Å²) in [6.45, 7) is 0. The fourth-order valence-electron chi connectivity index (χ4n) is 0.573. The molecule has 0 aromatic heterocycles. The Bertz CT molecular complexity index is 216. The summed E-state index contributed by atoms with van der Waals surface area (Å²) in [4.78, 5) is 20.4. The minimum Gasteiger partial charge on any atom is -0.481 e. The van der Waals surface area contributed by atoms with E-state index >= 15 is 0 Å². The monoisotopic (exact) mass is 191 g/mol. The van der Waals surface area contributed by atoms with Crippen LogP contribution in [-0.4, -0.2) is 33.1 Å². The molecule has 0 aliphatic rings. The molecule has 4 N–H and O–H groups in total. The molecule has 0 saturated heterocycles. The third-order valence-electron chi connectivity index (χ3n) is 1.11. The molecule has 1 atom stereocenters. The molecule has 0 aliphatic heterocycles. The topological polar surface area (TPSA) is 101 Å². The summed E-state index contributed by atoms with van der Waals surface area (Å²) in [5.41, 5.74) is 5.11. The lowest BCUT2D eigenvalue weighted by Crippen LogP contribution is -2.32. The predicted molar refractivity (Wildman–Crippen MR) is 45.1 cm³/mol. The zero-order valence-electron chi connectivity index (χ0n) is 6.19. The van der Waals surface area contributed by atoms with E-state index < -0.39 is 18.0 Å². The van der Waals surface area contributed by atoms with Crippen LogP contribution in [0, 0.1) is 0 Å². The zero-order valence-corrected chi connectivity index (χ0v) is 7.00. The number of hydrogen-bond donors (Lipinski definition) is 3. The van der Waals surface area contributed by atoms with E-state index in [1.54, 1.807) is 0 Å². The van der Waals surface area contributed by atoms with Crippen molar-refractivity contribution in [1.29, 1.82) is 0 Å². The number of carbonyl (C=O) groups is 2. The molecule has 0 amide bonds. The summed E-state index contributed by atoms with van der Waals surface area (Å²) in [5, 5.41) is 16.6. The van der Waals surface area contributed by atoms with Gasteiger partial charge in [-0.25, -0.2) is 0 Å². The van der Waals surface area contributed by atoms with Crippen LogP contribution in [0.1, 0.15) is 12.8 Å². The van der Waals surface area contributed by atoms with Crippen molar-refractivity contribution < 1.29 is 19.8 Å². The molecule has 0 radical (unpaired) electrons. The number of carboxylic acids is 2. The normalized spacial score (nSPS) is 12.1. The highest BCUT2D eigenvalue weighted by Crippen LogP contribution is 1.97. The number of thiocarbonyl (C=S) groups is 1. The van der Waals surface area contributed by atoms with Gasteiger partial charge < -0.3 is 15.9 Å². The molecule has 0 unspecified atom stereocenters. The Kier molecular flexibility index (Phi) is 4.38. The standard InChI is InChI=1S/C6H9NO4S/c7-4(6(10)11)1-3(12)2-5(8)9/h4H,1-2,7H2,(H,8,9)(H,10,11)/t4-/m0/s1. The van der Waals surface area contributed by atoms with E-state index in [1.807, 2.05) is 0 Å². The number of aliphatic carboxylic acids is 2. The highest BCUT2D eigenvalue weighted by molar-refractivity contribution is 7.80. The van der Waals surface area contributed by atoms with E-state index in [9.17, 15) is 9.59 Å². The minimum atomic E-state index is -1.18. The molecule has 0 bridgehead atoms. The van der Waals surface area contributed by atoms with Gasteiger partial charge in [0.25, 0.3) is 0 Å². The Balaban J connectivity index is 3.85. The molecule has 5 nitrogen and oxygen atoms in total. The van der Waals surface area contributed by atoms with E-state index in [0.29, 0.717) is 0 Å². The zero-order chi connectivity index (χ0) is 9.72. The summed E-state index contributed by atoms with van der Waals surface area (Å²) < 4.78 is 0. The van der Waals surface area contributed by atoms with Crippen LogP contribution in [0.4, 0.5) is 0 Å². The highest BCUT2D eigenvalue weighted by atomic mass is 32.1. The molecule has 0 heterocycles. The summed E-state index contributed by atoms with van der Waals surface area (Å²) in [5.74, 6) is -2.25. The Morgan fingerprint density at radius 2 is 1.92 bits per heavy atom. The lowest BCUT2D eigenvalue weighted by molar-refractivity contribution is -0.139. The van der Waals surface area contributed by atoms with Crippen LogP contribution in [-0.2, 0) is 9.59 Å². The molecule has 0 rings (SSSR count). The summed E-state index contributed by atoms with van der Waals surface area (Å²) >= 11 is 4.60. The van der Waals surface area contributed by atoms with Crippen LogP contribution in [0.25, 0.3) is 0 Å². The van der Waals surface area contributed by atoms with Crippen molar-refractivity contribution >= 4 is 29.0 Å². The molecule has 0 spiro atoms. The smallest absolute Gasteiger partial charge is 0.320 e.